The molecule has 0 bridgehead atoms. The van der Waals surface area contributed by atoms with E-state index in [1.807, 2.05) is 24.4 Å². The molecule has 2 aromatic rings. The van der Waals surface area contributed by atoms with Gasteiger partial charge < -0.3 is 15.3 Å². The Balaban J connectivity index is 1.55. The third kappa shape index (κ3) is 4.70. The quantitative estimate of drug-likeness (QED) is 0.824. The van der Waals surface area contributed by atoms with Gasteiger partial charge >= 0.3 is 5.97 Å². The number of nitriles is 1. The second-order valence-corrected chi connectivity index (χ2v) is 6.37. The normalized spacial score (nSPS) is 14.7. The number of hydrogen-bond donors (Lipinski definition) is 2. The maximum atomic E-state index is 10.8. The molecular formula is C19H21N5O2. The fourth-order valence-corrected chi connectivity index (χ4v) is 3.03. The number of piperidine rings is 1. The van der Waals surface area contributed by atoms with E-state index in [0.29, 0.717) is 12.2 Å². The first-order valence-electron chi connectivity index (χ1n) is 8.64. The van der Waals surface area contributed by atoms with Gasteiger partial charge in [0.1, 0.15) is 5.82 Å². The molecule has 1 aliphatic rings. The molecule has 7 heteroatoms. The molecule has 1 fully saturated rings. The van der Waals surface area contributed by atoms with E-state index in [-0.39, 0.29) is 12.3 Å². The highest BCUT2D eigenvalue weighted by atomic mass is 16.4. The second-order valence-electron chi connectivity index (χ2n) is 6.37. The highest BCUT2D eigenvalue weighted by molar-refractivity contribution is 5.69. The van der Waals surface area contributed by atoms with Crippen LogP contribution in [0.3, 0.4) is 0 Å². The molecule has 1 saturated heterocycles. The summed E-state index contributed by atoms with van der Waals surface area (Å²) in [5, 5.41) is 21.1. The van der Waals surface area contributed by atoms with Gasteiger partial charge in [-0.05, 0) is 42.7 Å². The number of anilines is 2. The van der Waals surface area contributed by atoms with E-state index in [2.05, 4.69) is 26.3 Å². The van der Waals surface area contributed by atoms with Crippen LogP contribution in [0.1, 0.15) is 24.1 Å². The molecule has 0 aliphatic carbocycles. The van der Waals surface area contributed by atoms with Crippen LogP contribution in [0.15, 0.2) is 36.7 Å². The lowest BCUT2D eigenvalue weighted by Gasteiger charge is -2.30. The van der Waals surface area contributed by atoms with Crippen LogP contribution >= 0.6 is 0 Å². The van der Waals surface area contributed by atoms with Crippen molar-refractivity contribution < 1.29 is 9.90 Å². The Kier molecular flexibility index (Phi) is 5.64. The molecule has 1 aliphatic heterocycles. The summed E-state index contributed by atoms with van der Waals surface area (Å²) >= 11 is 0. The summed E-state index contributed by atoms with van der Waals surface area (Å²) in [6.07, 6.45) is 5.19. The molecule has 7 nitrogen and oxygen atoms in total. The van der Waals surface area contributed by atoms with Crippen molar-refractivity contribution in [1.82, 2.24) is 9.97 Å². The molecule has 134 valence electrons. The zero-order chi connectivity index (χ0) is 18.4. The van der Waals surface area contributed by atoms with Crippen molar-refractivity contribution >= 4 is 17.5 Å². The van der Waals surface area contributed by atoms with Crippen LogP contribution in [0.5, 0.6) is 0 Å². The van der Waals surface area contributed by atoms with Gasteiger partial charge in [0, 0.05) is 31.7 Å². The van der Waals surface area contributed by atoms with Crippen molar-refractivity contribution in [3.8, 4) is 6.07 Å². The summed E-state index contributed by atoms with van der Waals surface area (Å²) in [7, 11) is 0. The van der Waals surface area contributed by atoms with E-state index < -0.39 is 5.97 Å². The summed E-state index contributed by atoms with van der Waals surface area (Å²) in [6.45, 7) is 2.32. The molecule has 0 saturated carbocycles. The number of carboxylic acid groups (broad SMARTS) is 1. The van der Waals surface area contributed by atoms with Crippen LogP contribution < -0.4 is 10.2 Å². The Labute approximate surface area is 152 Å². The summed E-state index contributed by atoms with van der Waals surface area (Å²) in [6, 6.07) is 9.95. The Morgan fingerprint density at radius 2 is 2.12 bits per heavy atom. The molecule has 3 rings (SSSR count). The predicted octanol–water partition coefficient (Wildman–Crippen LogP) is 2.46. The minimum absolute atomic E-state index is 0.0801. The molecular weight excluding hydrogens is 330 g/mol. The first kappa shape index (κ1) is 17.7. The molecule has 0 spiro atoms. The zero-order valence-electron chi connectivity index (χ0n) is 14.4. The van der Waals surface area contributed by atoms with Gasteiger partial charge in [0.25, 0.3) is 0 Å². The minimum atomic E-state index is -0.890. The third-order valence-electron chi connectivity index (χ3n) is 4.48. The molecule has 0 atom stereocenters. The van der Waals surface area contributed by atoms with E-state index in [1.54, 1.807) is 12.3 Å². The molecule has 0 amide bonds. The Hall–Kier alpha value is -3.14. The van der Waals surface area contributed by atoms with Gasteiger partial charge in [0.05, 0.1) is 30.1 Å². The van der Waals surface area contributed by atoms with Crippen LogP contribution in [-0.4, -0.2) is 34.1 Å². The van der Waals surface area contributed by atoms with Crippen LogP contribution in [0.2, 0.25) is 0 Å². The van der Waals surface area contributed by atoms with Crippen LogP contribution in [0.25, 0.3) is 0 Å². The van der Waals surface area contributed by atoms with E-state index in [1.165, 1.54) is 0 Å². The molecule has 2 N–H and O–H groups in total. The largest absolute Gasteiger partial charge is 0.481 e. The second kappa shape index (κ2) is 8.30. The number of aromatic nitrogens is 2. The van der Waals surface area contributed by atoms with Crippen molar-refractivity contribution in [2.45, 2.75) is 25.8 Å². The zero-order valence-corrected chi connectivity index (χ0v) is 14.4. The number of nitrogens with zero attached hydrogens (tertiary/aromatic N) is 4. The Morgan fingerprint density at radius 1 is 1.31 bits per heavy atom. The molecule has 0 radical (unpaired) electrons. The summed E-state index contributed by atoms with van der Waals surface area (Å²) < 4.78 is 0. The molecule has 2 aromatic heterocycles. The standard InChI is InChI=1S/C19H21N5O2/c20-11-14-4-7-24(8-5-14)17-1-2-18(23-13-17)22-12-15-3-6-21-16(9-15)10-19(25)26/h1-3,6,9,13-14H,4-5,7-8,10,12H2,(H,22,23)(H,25,26). The average molecular weight is 351 g/mol. The molecule has 0 aromatic carbocycles. The van der Waals surface area contributed by atoms with E-state index in [4.69, 9.17) is 10.4 Å². The van der Waals surface area contributed by atoms with Crippen molar-refractivity contribution in [3.05, 3.63) is 47.9 Å². The topological polar surface area (TPSA) is 102 Å². The van der Waals surface area contributed by atoms with Crippen molar-refractivity contribution in [3.63, 3.8) is 0 Å². The summed E-state index contributed by atoms with van der Waals surface area (Å²) in [4.78, 5) is 21.5. The number of aliphatic carboxylic acids is 1. The SMILES string of the molecule is N#CC1CCN(c2ccc(NCc3ccnc(CC(=O)O)c3)nc2)CC1. The first-order valence-corrected chi connectivity index (χ1v) is 8.64. The molecule has 3 heterocycles. The number of carboxylic acids is 1. The van der Waals surface area contributed by atoms with Crippen LogP contribution in [0.4, 0.5) is 11.5 Å². The van der Waals surface area contributed by atoms with Crippen molar-refractivity contribution in [2.24, 2.45) is 5.92 Å². The maximum absolute atomic E-state index is 10.8. The molecule has 26 heavy (non-hydrogen) atoms. The summed E-state index contributed by atoms with van der Waals surface area (Å²) in [5.41, 5.74) is 2.57. The number of carbonyl (C=O) groups is 1. The van der Waals surface area contributed by atoms with Gasteiger partial charge in [0.2, 0.25) is 0 Å². The average Bonchev–Trinajstić information content (AvgIpc) is 2.67. The maximum Gasteiger partial charge on any atom is 0.309 e. The van der Waals surface area contributed by atoms with Gasteiger partial charge in [-0.1, -0.05) is 0 Å². The fraction of sp³-hybridized carbons (Fsp3) is 0.368. The predicted molar refractivity (Wildman–Crippen MR) is 97.7 cm³/mol. The fourth-order valence-electron chi connectivity index (χ4n) is 3.03. The number of nitrogens with one attached hydrogen (secondary N) is 1. The van der Waals surface area contributed by atoms with E-state index in [0.717, 1.165) is 43.0 Å². The Bertz CT molecular complexity index is 792. The van der Waals surface area contributed by atoms with Gasteiger partial charge in [-0.25, -0.2) is 4.98 Å². The number of pyridine rings is 2. The smallest absolute Gasteiger partial charge is 0.309 e. The lowest BCUT2D eigenvalue weighted by molar-refractivity contribution is -0.136. The summed E-state index contributed by atoms with van der Waals surface area (Å²) in [5.74, 6) is 0.0439. The van der Waals surface area contributed by atoms with Gasteiger partial charge in [-0.3, -0.25) is 9.78 Å². The monoisotopic (exact) mass is 351 g/mol. The Morgan fingerprint density at radius 3 is 2.77 bits per heavy atom. The lowest BCUT2D eigenvalue weighted by atomic mass is 9.98. The van der Waals surface area contributed by atoms with Gasteiger partial charge in [-0.2, -0.15) is 5.26 Å². The van der Waals surface area contributed by atoms with E-state index in [9.17, 15) is 4.79 Å². The van der Waals surface area contributed by atoms with Crippen LogP contribution in [0, 0.1) is 17.2 Å². The highest BCUT2D eigenvalue weighted by Crippen LogP contribution is 2.23. The van der Waals surface area contributed by atoms with Crippen molar-refractivity contribution in [2.75, 3.05) is 23.3 Å². The minimum Gasteiger partial charge on any atom is -0.481 e. The number of hydrogen-bond acceptors (Lipinski definition) is 6. The van der Waals surface area contributed by atoms with E-state index >= 15 is 0 Å². The highest BCUT2D eigenvalue weighted by Gasteiger charge is 2.18. The molecule has 0 unspecified atom stereocenters. The third-order valence-corrected chi connectivity index (χ3v) is 4.48. The first-order chi connectivity index (χ1) is 12.6. The van der Waals surface area contributed by atoms with Crippen molar-refractivity contribution in [1.29, 1.82) is 5.26 Å². The number of rotatable bonds is 6. The van der Waals surface area contributed by atoms with Gasteiger partial charge in [-0.15, -0.1) is 0 Å². The lowest BCUT2D eigenvalue weighted by Crippen LogP contribution is -2.33. The van der Waals surface area contributed by atoms with Crippen LogP contribution in [-0.2, 0) is 17.8 Å². The van der Waals surface area contributed by atoms with Gasteiger partial charge in [0.15, 0.2) is 0 Å².